The maximum absolute atomic E-state index is 13.5. The summed E-state index contributed by atoms with van der Waals surface area (Å²) in [5.74, 6) is -0.379. The third kappa shape index (κ3) is 6.56. The SMILES string of the molecule is CCCCC(CC)CC(NCCC)c1cc(F)cc(F)c1. The van der Waals surface area contributed by atoms with Gasteiger partial charge in [-0.2, -0.15) is 0 Å². The fourth-order valence-electron chi connectivity index (χ4n) is 2.75. The Kier molecular flexibility index (Phi) is 8.51. The van der Waals surface area contributed by atoms with E-state index in [-0.39, 0.29) is 6.04 Å². The summed E-state index contributed by atoms with van der Waals surface area (Å²) in [5.41, 5.74) is 0.732. The molecule has 0 aromatic heterocycles. The zero-order valence-electron chi connectivity index (χ0n) is 13.6. The van der Waals surface area contributed by atoms with Crippen molar-refractivity contribution in [3.8, 4) is 0 Å². The van der Waals surface area contributed by atoms with Crippen molar-refractivity contribution in [2.75, 3.05) is 6.54 Å². The highest BCUT2D eigenvalue weighted by Crippen LogP contribution is 2.27. The zero-order valence-corrected chi connectivity index (χ0v) is 13.6. The Morgan fingerprint density at radius 1 is 1.00 bits per heavy atom. The Morgan fingerprint density at radius 3 is 2.19 bits per heavy atom. The van der Waals surface area contributed by atoms with E-state index in [2.05, 4.69) is 26.1 Å². The molecule has 0 spiro atoms. The summed E-state index contributed by atoms with van der Waals surface area (Å²) >= 11 is 0. The van der Waals surface area contributed by atoms with Crippen LogP contribution in [0.15, 0.2) is 18.2 Å². The molecular weight excluding hydrogens is 268 g/mol. The number of hydrogen-bond acceptors (Lipinski definition) is 1. The lowest BCUT2D eigenvalue weighted by atomic mass is 9.89. The Morgan fingerprint density at radius 2 is 1.67 bits per heavy atom. The van der Waals surface area contributed by atoms with E-state index in [1.54, 1.807) is 0 Å². The van der Waals surface area contributed by atoms with E-state index in [4.69, 9.17) is 0 Å². The number of unbranched alkanes of at least 4 members (excludes halogenated alkanes) is 1. The number of halogens is 2. The Bertz CT molecular complexity index is 386. The first kappa shape index (κ1) is 18.1. The van der Waals surface area contributed by atoms with Crippen LogP contribution in [-0.2, 0) is 0 Å². The van der Waals surface area contributed by atoms with Crippen LogP contribution < -0.4 is 5.32 Å². The van der Waals surface area contributed by atoms with E-state index < -0.39 is 11.6 Å². The normalized spacial score (nSPS) is 14.1. The second kappa shape index (κ2) is 9.88. The van der Waals surface area contributed by atoms with Gasteiger partial charge in [-0.15, -0.1) is 0 Å². The second-order valence-electron chi connectivity index (χ2n) is 5.86. The maximum Gasteiger partial charge on any atom is 0.126 e. The van der Waals surface area contributed by atoms with Crippen molar-refractivity contribution >= 4 is 0 Å². The Balaban J connectivity index is 2.82. The van der Waals surface area contributed by atoms with Crippen LogP contribution in [-0.4, -0.2) is 6.54 Å². The molecule has 3 heteroatoms. The molecule has 0 radical (unpaired) electrons. The minimum absolute atomic E-state index is 0.0388. The van der Waals surface area contributed by atoms with Crippen LogP contribution in [0.25, 0.3) is 0 Å². The predicted octanol–water partition coefficient (Wildman–Crippen LogP) is 5.61. The number of hydrogen-bond donors (Lipinski definition) is 1. The van der Waals surface area contributed by atoms with Gasteiger partial charge in [-0.05, 0) is 43.0 Å². The van der Waals surface area contributed by atoms with Crippen LogP contribution in [0.4, 0.5) is 8.78 Å². The number of rotatable bonds is 10. The van der Waals surface area contributed by atoms with E-state index in [9.17, 15) is 8.78 Å². The quantitative estimate of drug-likeness (QED) is 0.591. The molecule has 2 atom stereocenters. The molecule has 0 aliphatic rings. The van der Waals surface area contributed by atoms with E-state index >= 15 is 0 Å². The summed E-state index contributed by atoms with van der Waals surface area (Å²) in [6.07, 6.45) is 6.67. The summed E-state index contributed by atoms with van der Waals surface area (Å²) in [6, 6.07) is 3.90. The summed E-state index contributed by atoms with van der Waals surface area (Å²) in [5, 5.41) is 3.45. The smallest absolute Gasteiger partial charge is 0.126 e. The molecule has 0 aliphatic carbocycles. The van der Waals surface area contributed by atoms with E-state index in [1.165, 1.54) is 31.4 Å². The Labute approximate surface area is 128 Å². The largest absolute Gasteiger partial charge is 0.310 e. The van der Waals surface area contributed by atoms with E-state index in [1.807, 2.05) is 0 Å². The molecule has 1 N–H and O–H groups in total. The first-order valence-electron chi connectivity index (χ1n) is 8.30. The van der Waals surface area contributed by atoms with Crippen molar-refractivity contribution in [1.29, 1.82) is 0 Å². The highest BCUT2D eigenvalue weighted by atomic mass is 19.1. The zero-order chi connectivity index (χ0) is 15.7. The molecule has 2 unspecified atom stereocenters. The summed E-state index contributed by atoms with van der Waals surface area (Å²) in [6.45, 7) is 7.36. The van der Waals surface area contributed by atoms with Gasteiger partial charge in [0.05, 0.1) is 0 Å². The van der Waals surface area contributed by atoms with Crippen molar-refractivity contribution in [2.24, 2.45) is 5.92 Å². The van der Waals surface area contributed by atoms with Crippen molar-refractivity contribution in [3.05, 3.63) is 35.4 Å². The first-order valence-corrected chi connectivity index (χ1v) is 8.30. The lowest BCUT2D eigenvalue weighted by molar-refractivity contribution is 0.352. The number of benzene rings is 1. The van der Waals surface area contributed by atoms with Gasteiger partial charge in [-0.1, -0.05) is 46.5 Å². The molecule has 0 fully saturated rings. The van der Waals surface area contributed by atoms with Gasteiger partial charge < -0.3 is 5.32 Å². The average molecular weight is 297 g/mol. The monoisotopic (exact) mass is 297 g/mol. The molecule has 1 nitrogen and oxygen atoms in total. The fourth-order valence-corrected chi connectivity index (χ4v) is 2.75. The van der Waals surface area contributed by atoms with E-state index in [0.717, 1.165) is 37.4 Å². The molecule has 1 aromatic rings. The van der Waals surface area contributed by atoms with Gasteiger partial charge >= 0.3 is 0 Å². The van der Waals surface area contributed by atoms with Gasteiger partial charge in [0, 0.05) is 12.1 Å². The van der Waals surface area contributed by atoms with Crippen LogP contribution in [0.1, 0.15) is 70.9 Å². The summed E-state index contributed by atoms with van der Waals surface area (Å²) < 4.78 is 26.9. The molecule has 0 bridgehead atoms. The van der Waals surface area contributed by atoms with Gasteiger partial charge in [0.1, 0.15) is 11.6 Å². The van der Waals surface area contributed by atoms with Crippen molar-refractivity contribution in [1.82, 2.24) is 5.32 Å². The lowest BCUT2D eigenvalue weighted by Gasteiger charge is -2.24. The predicted molar refractivity (Wildman–Crippen MR) is 85.3 cm³/mol. The van der Waals surface area contributed by atoms with Gasteiger partial charge in [-0.3, -0.25) is 0 Å². The minimum Gasteiger partial charge on any atom is -0.310 e. The van der Waals surface area contributed by atoms with Gasteiger partial charge in [-0.25, -0.2) is 8.78 Å². The van der Waals surface area contributed by atoms with Crippen molar-refractivity contribution in [3.63, 3.8) is 0 Å². The fraction of sp³-hybridized carbons (Fsp3) is 0.667. The lowest BCUT2D eigenvalue weighted by Crippen LogP contribution is -2.25. The molecular formula is C18H29F2N. The third-order valence-electron chi connectivity index (χ3n) is 4.04. The van der Waals surface area contributed by atoms with Crippen LogP contribution in [0, 0.1) is 17.6 Å². The van der Waals surface area contributed by atoms with Gasteiger partial charge in [0.15, 0.2) is 0 Å². The molecule has 0 heterocycles. The topological polar surface area (TPSA) is 12.0 Å². The maximum atomic E-state index is 13.5. The third-order valence-corrected chi connectivity index (χ3v) is 4.04. The molecule has 120 valence electrons. The second-order valence-corrected chi connectivity index (χ2v) is 5.86. The highest BCUT2D eigenvalue weighted by Gasteiger charge is 2.18. The van der Waals surface area contributed by atoms with Crippen LogP contribution >= 0.6 is 0 Å². The molecule has 1 aromatic carbocycles. The molecule has 21 heavy (non-hydrogen) atoms. The molecule has 0 aliphatic heterocycles. The average Bonchev–Trinajstić information content (AvgIpc) is 2.45. The van der Waals surface area contributed by atoms with Crippen LogP contribution in [0.3, 0.4) is 0 Å². The van der Waals surface area contributed by atoms with E-state index in [0.29, 0.717) is 5.92 Å². The molecule has 0 saturated carbocycles. The van der Waals surface area contributed by atoms with Crippen LogP contribution in [0.5, 0.6) is 0 Å². The highest BCUT2D eigenvalue weighted by molar-refractivity contribution is 5.21. The minimum atomic E-state index is -0.491. The summed E-state index contributed by atoms with van der Waals surface area (Å²) in [7, 11) is 0. The van der Waals surface area contributed by atoms with Gasteiger partial charge in [0.25, 0.3) is 0 Å². The molecule has 0 saturated heterocycles. The van der Waals surface area contributed by atoms with Crippen molar-refractivity contribution < 1.29 is 8.78 Å². The molecule has 1 rings (SSSR count). The van der Waals surface area contributed by atoms with Crippen LogP contribution in [0.2, 0.25) is 0 Å². The summed E-state index contributed by atoms with van der Waals surface area (Å²) in [4.78, 5) is 0. The number of nitrogens with one attached hydrogen (secondary N) is 1. The Hall–Kier alpha value is -0.960. The van der Waals surface area contributed by atoms with Crippen molar-refractivity contribution in [2.45, 2.75) is 65.3 Å². The standard InChI is InChI=1S/C18H29F2N/c1-4-7-8-14(6-3)10-18(21-9-5-2)15-11-16(19)13-17(20)12-15/h11-14,18,21H,4-10H2,1-3H3. The van der Waals surface area contributed by atoms with Gasteiger partial charge in [0.2, 0.25) is 0 Å². The molecule has 0 amide bonds. The first-order chi connectivity index (χ1) is 10.1.